The van der Waals surface area contributed by atoms with Crippen LogP contribution in [0.15, 0.2) is 17.2 Å². The third-order valence-corrected chi connectivity index (χ3v) is 4.49. The van der Waals surface area contributed by atoms with E-state index in [1.807, 2.05) is 13.8 Å². The molecule has 0 radical (unpaired) electrons. The van der Waals surface area contributed by atoms with Crippen LogP contribution in [0.4, 0.5) is 0 Å². The van der Waals surface area contributed by atoms with Gasteiger partial charge in [0.25, 0.3) is 0 Å². The lowest BCUT2D eigenvalue weighted by atomic mass is 10.1. The Bertz CT molecular complexity index is 478. The van der Waals surface area contributed by atoms with E-state index >= 15 is 0 Å². The van der Waals surface area contributed by atoms with Crippen LogP contribution in [0.25, 0.3) is 0 Å². The SMILES string of the molecule is CC(C)c1ncc(S(=O)(=O)C(C)C)cc1O. The first-order valence-electron chi connectivity index (χ1n) is 5.19. The van der Waals surface area contributed by atoms with E-state index in [1.165, 1.54) is 12.3 Å². The molecule has 0 saturated heterocycles. The topological polar surface area (TPSA) is 67.3 Å². The first-order chi connectivity index (χ1) is 7.26. The van der Waals surface area contributed by atoms with Crippen LogP contribution in [0, 0.1) is 0 Å². The number of aromatic hydroxyl groups is 1. The molecule has 16 heavy (non-hydrogen) atoms. The van der Waals surface area contributed by atoms with E-state index in [0.717, 1.165) is 0 Å². The summed E-state index contributed by atoms with van der Waals surface area (Å²) in [6, 6.07) is 1.28. The molecule has 4 nitrogen and oxygen atoms in total. The normalized spacial score (nSPS) is 12.4. The van der Waals surface area contributed by atoms with Gasteiger partial charge in [-0.25, -0.2) is 8.42 Å². The van der Waals surface area contributed by atoms with Crippen molar-refractivity contribution in [3.63, 3.8) is 0 Å². The summed E-state index contributed by atoms with van der Waals surface area (Å²) >= 11 is 0. The Hall–Kier alpha value is -1.10. The van der Waals surface area contributed by atoms with Crippen LogP contribution in [0.5, 0.6) is 5.75 Å². The first kappa shape index (κ1) is 13.0. The van der Waals surface area contributed by atoms with Crippen molar-refractivity contribution in [1.29, 1.82) is 0 Å². The Balaban J connectivity index is 3.27. The second-order valence-corrected chi connectivity index (χ2v) is 6.83. The lowest BCUT2D eigenvalue weighted by Gasteiger charge is -2.11. The highest BCUT2D eigenvalue weighted by Crippen LogP contribution is 2.26. The van der Waals surface area contributed by atoms with Gasteiger partial charge in [0.1, 0.15) is 5.75 Å². The predicted molar refractivity (Wildman–Crippen MR) is 62.3 cm³/mol. The van der Waals surface area contributed by atoms with Gasteiger partial charge < -0.3 is 5.11 Å². The number of nitrogens with zero attached hydrogens (tertiary/aromatic N) is 1. The molecule has 1 N–H and O–H groups in total. The van der Waals surface area contributed by atoms with Crippen molar-refractivity contribution in [3.05, 3.63) is 18.0 Å². The van der Waals surface area contributed by atoms with Crippen molar-refractivity contribution < 1.29 is 13.5 Å². The van der Waals surface area contributed by atoms with E-state index in [4.69, 9.17) is 0 Å². The molecule has 0 aliphatic carbocycles. The van der Waals surface area contributed by atoms with Crippen LogP contribution in [-0.2, 0) is 9.84 Å². The summed E-state index contributed by atoms with van der Waals surface area (Å²) in [6.07, 6.45) is 1.31. The minimum atomic E-state index is -3.36. The average molecular weight is 243 g/mol. The van der Waals surface area contributed by atoms with E-state index in [2.05, 4.69) is 4.98 Å². The molecule has 0 saturated carbocycles. The van der Waals surface area contributed by atoms with Crippen LogP contribution in [0.1, 0.15) is 39.3 Å². The molecule has 5 heteroatoms. The largest absolute Gasteiger partial charge is 0.506 e. The van der Waals surface area contributed by atoms with Crippen LogP contribution in [-0.4, -0.2) is 23.8 Å². The number of aromatic nitrogens is 1. The van der Waals surface area contributed by atoms with Gasteiger partial charge in [-0.15, -0.1) is 0 Å². The minimum Gasteiger partial charge on any atom is -0.506 e. The van der Waals surface area contributed by atoms with E-state index < -0.39 is 15.1 Å². The fraction of sp³-hybridized carbons (Fsp3) is 0.545. The molecular formula is C11H17NO3S. The summed E-state index contributed by atoms with van der Waals surface area (Å²) in [6.45, 7) is 6.98. The Kier molecular flexibility index (Phi) is 3.57. The zero-order valence-corrected chi connectivity index (χ0v) is 10.7. The van der Waals surface area contributed by atoms with Crippen LogP contribution in [0.2, 0.25) is 0 Å². The van der Waals surface area contributed by atoms with Crippen molar-refractivity contribution in [2.75, 3.05) is 0 Å². The van der Waals surface area contributed by atoms with Crippen molar-refractivity contribution in [2.24, 2.45) is 0 Å². The number of sulfone groups is 1. The lowest BCUT2D eigenvalue weighted by molar-refractivity contribution is 0.457. The van der Waals surface area contributed by atoms with Crippen LogP contribution in [0.3, 0.4) is 0 Å². The third-order valence-electron chi connectivity index (χ3n) is 2.37. The minimum absolute atomic E-state index is 0.0586. The number of hydrogen-bond acceptors (Lipinski definition) is 4. The average Bonchev–Trinajstić information content (AvgIpc) is 2.16. The molecule has 0 bridgehead atoms. The van der Waals surface area contributed by atoms with Gasteiger partial charge in [-0.3, -0.25) is 4.98 Å². The smallest absolute Gasteiger partial charge is 0.182 e. The molecule has 0 unspecified atom stereocenters. The van der Waals surface area contributed by atoms with Gasteiger partial charge in [0.2, 0.25) is 0 Å². The summed E-state index contributed by atoms with van der Waals surface area (Å²) in [5.41, 5.74) is 0.516. The summed E-state index contributed by atoms with van der Waals surface area (Å²) in [5, 5.41) is 9.16. The molecular weight excluding hydrogens is 226 g/mol. The summed E-state index contributed by atoms with van der Waals surface area (Å²) in [4.78, 5) is 4.07. The summed E-state index contributed by atoms with van der Waals surface area (Å²) in [5.74, 6) is 0.00697. The number of rotatable bonds is 3. The van der Waals surface area contributed by atoms with Crippen molar-refractivity contribution in [1.82, 2.24) is 4.98 Å². The Morgan fingerprint density at radius 1 is 1.25 bits per heavy atom. The molecule has 0 amide bonds. The highest BCUT2D eigenvalue weighted by Gasteiger charge is 2.21. The maximum Gasteiger partial charge on any atom is 0.182 e. The second-order valence-electron chi connectivity index (χ2n) is 4.32. The second kappa shape index (κ2) is 4.41. The fourth-order valence-corrected chi connectivity index (χ4v) is 2.34. The van der Waals surface area contributed by atoms with Gasteiger partial charge in [-0.1, -0.05) is 13.8 Å². The molecule has 1 aromatic heterocycles. The van der Waals surface area contributed by atoms with Crippen LogP contribution < -0.4 is 0 Å². The molecule has 0 aromatic carbocycles. The zero-order chi connectivity index (χ0) is 12.5. The predicted octanol–water partition coefficient (Wildman–Crippen LogP) is 2.09. The molecule has 0 aliphatic rings. The molecule has 1 rings (SSSR count). The maximum absolute atomic E-state index is 11.8. The maximum atomic E-state index is 11.8. The molecule has 0 atom stereocenters. The Morgan fingerprint density at radius 3 is 2.19 bits per heavy atom. The van der Waals surface area contributed by atoms with Crippen molar-refractivity contribution in [2.45, 2.75) is 43.8 Å². The molecule has 0 spiro atoms. The fourth-order valence-electron chi connectivity index (χ4n) is 1.32. The lowest BCUT2D eigenvalue weighted by Crippen LogP contribution is -2.14. The zero-order valence-electron chi connectivity index (χ0n) is 9.93. The van der Waals surface area contributed by atoms with Gasteiger partial charge in [0.15, 0.2) is 9.84 Å². The summed E-state index contributed by atoms with van der Waals surface area (Å²) in [7, 11) is -3.36. The van der Waals surface area contributed by atoms with Crippen molar-refractivity contribution in [3.8, 4) is 5.75 Å². The summed E-state index contributed by atoms with van der Waals surface area (Å²) < 4.78 is 23.6. The van der Waals surface area contributed by atoms with Gasteiger partial charge in [0, 0.05) is 12.3 Å². The highest BCUT2D eigenvalue weighted by molar-refractivity contribution is 7.92. The Morgan fingerprint density at radius 2 is 1.81 bits per heavy atom. The van der Waals surface area contributed by atoms with E-state index in [9.17, 15) is 13.5 Å². The monoisotopic (exact) mass is 243 g/mol. The van der Waals surface area contributed by atoms with Gasteiger partial charge in [-0.05, 0) is 19.8 Å². The van der Waals surface area contributed by atoms with Crippen molar-refractivity contribution >= 4 is 9.84 Å². The molecule has 0 aliphatic heterocycles. The first-order valence-corrected chi connectivity index (χ1v) is 6.74. The van der Waals surface area contributed by atoms with E-state index in [0.29, 0.717) is 5.69 Å². The number of pyridine rings is 1. The molecule has 1 heterocycles. The molecule has 0 fully saturated rings. The number of hydrogen-bond donors (Lipinski definition) is 1. The van der Waals surface area contributed by atoms with E-state index in [1.54, 1.807) is 13.8 Å². The third kappa shape index (κ3) is 2.35. The Labute approximate surface area is 96.3 Å². The highest BCUT2D eigenvalue weighted by atomic mass is 32.2. The standard InChI is InChI=1S/C11H17NO3S/c1-7(2)11-10(13)5-9(6-12-11)16(14,15)8(3)4/h5-8,13H,1-4H3. The molecule has 1 aromatic rings. The quantitative estimate of drug-likeness (QED) is 0.882. The van der Waals surface area contributed by atoms with Crippen LogP contribution >= 0.6 is 0 Å². The van der Waals surface area contributed by atoms with Gasteiger partial charge >= 0.3 is 0 Å². The molecule has 90 valence electrons. The van der Waals surface area contributed by atoms with Gasteiger partial charge in [0.05, 0.1) is 15.8 Å². The van der Waals surface area contributed by atoms with E-state index in [-0.39, 0.29) is 16.6 Å². The van der Waals surface area contributed by atoms with Gasteiger partial charge in [-0.2, -0.15) is 0 Å².